The van der Waals surface area contributed by atoms with Gasteiger partial charge in [0, 0.05) is 0 Å². The second-order valence-electron chi connectivity index (χ2n) is 5.81. The molecule has 1 heterocycles. The third-order valence-corrected chi connectivity index (χ3v) is 4.18. The number of hydrogen-bond acceptors (Lipinski definition) is 5. The van der Waals surface area contributed by atoms with Gasteiger partial charge in [-0.05, 0) is 19.8 Å². The summed E-state index contributed by atoms with van der Waals surface area (Å²) in [5, 5.41) is 0. The summed E-state index contributed by atoms with van der Waals surface area (Å²) >= 11 is 0. The minimum Gasteiger partial charge on any atom is -0.466 e. The fraction of sp³-hybridized carbons (Fsp3) is 0.688. The van der Waals surface area contributed by atoms with E-state index in [1.54, 1.807) is 13.8 Å². The molecule has 0 spiro atoms. The van der Waals surface area contributed by atoms with Crippen molar-refractivity contribution in [1.29, 1.82) is 0 Å². The maximum absolute atomic E-state index is 12.8. The van der Waals surface area contributed by atoms with Gasteiger partial charge in [0.05, 0.1) is 24.5 Å². The van der Waals surface area contributed by atoms with Crippen molar-refractivity contribution in [2.45, 2.75) is 46.6 Å². The summed E-state index contributed by atoms with van der Waals surface area (Å²) in [4.78, 5) is 37.6. The van der Waals surface area contributed by atoms with Crippen LogP contribution in [0.1, 0.15) is 40.5 Å². The molecule has 0 aromatic heterocycles. The molecule has 0 N–H and O–H groups in total. The number of esters is 1. The Bertz CT molecular complexity index is 461. The van der Waals surface area contributed by atoms with E-state index in [0.29, 0.717) is 0 Å². The summed E-state index contributed by atoms with van der Waals surface area (Å²) in [6, 6.07) is -0.313. The number of ether oxygens (including phenoxy) is 2. The lowest BCUT2D eigenvalue weighted by Gasteiger charge is -2.31. The van der Waals surface area contributed by atoms with Crippen LogP contribution >= 0.6 is 0 Å². The normalized spacial score (nSPS) is 21.7. The smallest absolute Gasteiger partial charge is 0.417 e. The van der Waals surface area contributed by atoms with Crippen molar-refractivity contribution in [2.75, 3.05) is 13.2 Å². The largest absolute Gasteiger partial charge is 0.466 e. The van der Waals surface area contributed by atoms with Crippen molar-refractivity contribution in [3.8, 4) is 0 Å². The molecule has 0 radical (unpaired) electrons. The van der Waals surface area contributed by atoms with Crippen LogP contribution in [-0.4, -0.2) is 42.1 Å². The molecule has 0 saturated carbocycles. The number of carbonyl (C=O) groups excluding carboxylic acids is 3. The zero-order valence-electron chi connectivity index (χ0n) is 13.8. The van der Waals surface area contributed by atoms with Gasteiger partial charge in [-0.3, -0.25) is 9.59 Å². The SMILES string of the molecule is C=C[C@@](C)(CC(=O)OCC)C(=O)N1C(=O)OC[C@@H]1C(C)CC. The van der Waals surface area contributed by atoms with Crippen LogP contribution in [0.15, 0.2) is 12.7 Å². The molecule has 1 fully saturated rings. The molecule has 0 aliphatic carbocycles. The number of rotatable bonds is 7. The Kier molecular flexibility index (Phi) is 6.14. The Hall–Kier alpha value is -1.85. The molecule has 1 unspecified atom stereocenters. The first-order valence-corrected chi connectivity index (χ1v) is 7.60. The van der Waals surface area contributed by atoms with Gasteiger partial charge in [-0.25, -0.2) is 9.69 Å². The van der Waals surface area contributed by atoms with Crippen molar-refractivity contribution in [3.63, 3.8) is 0 Å². The van der Waals surface area contributed by atoms with Crippen LogP contribution in [0.2, 0.25) is 0 Å². The lowest BCUT2D eigenvalue weighted by Crippen LogP contribution is -2.49. The molecular weight excluding hydrogens is 286 g/mol. The van der Waals surface area contributed by atoms with Crippen molar-refractivity contribution in [3.05, 3.63) is 12.7 Å². The molecule has 22 heavy (non-hydrogen) atoms. The number of imide groups is 1. The van der Waals surface area contributed by atoms with Crippen molar-refractivity contribution in [1.82, 2.24) is 4.90 Å². The summed E-state index contributed by atoms with van der Waals surface area (Å²) in [6.07, 6.45) is 1.40. The Morgan fingerprint density at radius 3 is 2.68 bits per heavy atom. The summed E-state index contributed by atoms with van der Waals surface area (Å²) < 4.78 is 9.93. The van der Waals surface area contributed by atoms with Crippen molar-refractivity contribution in [2.24, 2.45) is 11.3 Å². The average Bonchev–Trinajstić information content (AvgIpc) is 2.87. The Balaban J connectivity index is 3.00. The molecule has 3 atom stereocenters. The van der Waals surface area contributed by atoms with E-state index in [2.05, 4.69) is 6.58 Å². The van der Waals surface area contributed by atoms with Gasteiger partial charge in [0.2, 0.25) is 5.91 Å². The van der Waals surface area contributed by atoms with E-state index >= 15 is 0 Å². The predicted molar refractivity (Wildman–Crippen MR) is 81.0 cm³/mol. The van der Waals surface area contributed by atoms with Gasteiger partial charge in [-0.1, -0.05) is 26.3 Å². The highest BCUT2D eigenvalue weighted by Gasteiger charge is 2.47. The van der Waals surface area contributed by atoms with E-state index < -0.39 is 23.4 Å². The van der Waals surface area contributed by atoms with E-state index in [1.165, 1.54) is 6.08 Å². The Morgan fingerprint density at radius 1 is 1.55 bits per heavy atom. The predicted octanol–water partition coefficient (Wildman–Crippen LogP) is 2.53. The Morgan fingerprint density at radius 2 is 2.18 bits per heavy atom. The highest BCUT2D eigenvalue weighted by atomic mass is 16.6. The van der Waals surface area contributed by atoms with Crippen molar-refractivity contribution >= 4 is 18.0 Å². The molecule has 124 valence electrons. The van der Waals surface area contributed by atoms with Gasteiger partial charge in [0.25, 0.3) is 0 Å². The zero-order chi connectivity index (χ0) is 16.9. The Labute approximate surface area is 131 Å². The molecule has 0 aromatic carbocycles. The summed E-state index contributed by atoms with van der Waals surface area (Å²) in [5.74, 6) is -0.846. The van der Waals surface area contributed by atoms with Crippen LogP contribution in [-0.2, 0) is 19.1 Å². The molecule has 1 saturated heterocycles. The van der Waals surface area contributed by atoms with Crippen LogP contribution in [0.4, 0.5) is 4.79 Å². The second-order valence-corrected chi connectivity index (χ2v) is 5.81. The van der Waals surface area contributed by atoms with E-state index in [0.717, 1.165) is 11.3 Å². The third kappa shape index (κ3) is 3.67. The number of nitrogens with zero attached hydrogens (tertiary/aromatic N) is 1. The first-order valence-electron chi connectivity index (χ1n) is 7.60. The van der Waals surface area contributed by atoms with Crippen molar-refractivity contribution < 1.29 is 23.9 Å². The molecule has 1 aliphatic heterocycles. The minimum absolute atomic E-state index is 0.118. The van der Waals surface area contributed by atoms with Crippen LogP contribution in [0.3, 0.4) is 0 Å². The van der Waals surface area contributed by atoms with E-state index in [9.17, 15) is 14.4 Å². The summed E-state index contributed by atoms with van der Waals surface area (Å²) in [5.41, 5.74) is -1.19. The topological polar surface area (TPSA) is 72.9 Å². The molecule has 0 aromatic rings. The minimum atomic E-state index is -1.19. The lowest BCUT2D eigenvalue weighted by atomic mass is 9.84. The monoisotopic (exact) mass is 311 g/mol. The average molecular weight is 311 g/mol. The number of amides is 2. The maximum Gasteiger partial charge on any atom is 0.417 e. The van der Waals surface area contributed by atoms with Gasteiger partial charge >= 0.3 is 12.1 Å². The standard InChI is InChI=1S/C16H25NO5/c1-6-11(4)12-10-22-15(20)17(12)14(19)16(5,7-2)9-13(18)21-8-3/h7,11-12H,2,6,8-10H2,1,3-5H3/t11?,12-,16+/m1/s1. The highest BCUT2D eigenvalue weighted by Crippen LogP contribution is 2.32. The summed E-state index contributed by atoms with van der Waals surface area (Å²) in [6.45, 7) is 11.3. The van der Waals surface area contributed by atoms with Crippen LogP contribution in [0.25, 0.3) is 0 Å². The first-order chi connectivity index (χ1) is 10.3. The van der Waals surface area contributed by atoms with Gasteiger partial charge in [0.15, 0.2) is 0 Å². The van der Waals surface area contributed by atoms with E-state index in [1.807, 2.05) is 13.8 Å². The number of hydrogen-bond donors (Lipinski definition) is 0. The summed E-state index contributed by atoms with van der Waals surface area (Å²) in [7, 11) is 0. The lowest BCUT2D eigenvalue weighted by molar-refractivity contribution is -0.150. The number of cyclic esters (lactones) is 1. The fourth-order valence-electron chi connectivity index (χ4n) is 2.38. The highest BCUT2D eigenvalue weighted by molar-refractivity contribution is 5.99. The molecule has 1 rings (SSSR count). The first kappa shape index (κ1) is 18.2. The van der Waals surface area contributed by atoms with Gasteiger partial charge in [-0.15, -0.1) is 6.58 Å². The maximum atomic E-state index is 12.8. The molecular formula is C16H25NO5. The van der Waals surface area contributed by atoms with Crippen LogP contribution in [0.5, 0.6) is 0 Å². The second kappa shape index (κ2) is 7.42. The zero-order valence-corrected chi connectivity index (χ0v) is 13.8. The molecule has 6 nitrogen and oxygen atoms in total. The molecule has 0 bridgehead atoms. The fourth-order valence-corrected chi connectivity index (χ4v) is 2.38. The van der Waals surface area contributed by atoms with Gasteiger partial charge in [-0.2, -0.15) is 0 Å². The van der Waals surface area contributed by atoms with Crippen LogP contribution < -0.4 is 0 Å². The van der Waals surface area contributed by atoms with E-state index in [-0.39, 0.29) is 31.6 Å². The molecule has 2 amide bonds. The van der Waals surface area contributed by atoms with E-state index in [4.69, 9.17) is 9.47 Å². The van der Waals surface area contributed by atoms with Crippen LogP contribution in [0, 0.1) is 11.3 Å². The molecule has 6 heteroatoms. The quantitative estimate of drug-likeness (QED) is 0.533. The number of carbonyl (C=O) groups is 3. The molecule has 1 aliphatic rings. The third-order valence-electron chi connectivity index (χ3n) is 4.18. The van der Waals surface area contributed by atoms with Gasteiger partial charge in [0.1, 0.15) is 6.61 Å². The van der Waals surface area contributed by atoms with Gasteiger partial charge < -0.3 is 9.47 Å².